The van der Waals surface area contributed by atoms with Gasteiger partial charge in [-0.25, -0.2) is 17.8 Å². The first-order chi connectivity index (χ1) is 13.2. The van der Waals surface area contributed by atoms with E-state index >= 15 is 0 Å². The molecule has 1 aromatic heterocycles. The molecule has 0 saturated carbocycles. The number of carbonyl (C=O) groups excluding carboxylic acids is 1. The van der Waals surface area contributed by atoms with Crippen molar-refractivity contribution in [3.8, 4) is 0 Å². The smallest absolute Gasteiger partial charge is 0.260 e. The lowest BCUT2D eigenvalue weighted by Gasteiger charge is -2.22. The largest absolute Gasteiger partial charge is 0.308 e. The van der Waals surface area contributed by atoms with Gasteiger partial charge in [0, 0.05) is 24.9 Å². The molecule has 0 aliphatic rings. The van der Waals surface area contributed by atoms with Gasteiger partial charge in [-0.3, -0.25) is 9.69 Å². The first-order valence-corrected chi connectivity index (χ1v) is 11.2. The summed E-state index contributed by atoms with van der Waals surface area (Å²) in [6, 6.07) is 10.4. The summed E-state index contributed by atoms with van der Waals surface area (Å²) in [6.45, 7) is 0.895. The van der Waals surface area contributed by atoms with Crippen molar-refractivity contribution in [1.82, 2.24) is 9.88 Å². The molecule has 28 heavy (non-hydrogen) atoms. The summed E-state index contributed by atoms with van der Waals surface area (Å²) in [5.74, 6) is -0.886. The molecule has 3 aromatic rings. The number of fused-ring (bicyclic) bond motifs is 1. The Balaban J connectivity index is 2.09. The molecule has 0 bridgehead atoms. The van der Waals surface area contributed by atoms with Gasteiger partial charge in [0.1, 0.15) is 11.3 Å². The van der Waals surface area contributed by atoms with E-state index in [-0.39, 0.29) is 16.4 Å². The van der Waals surface area contributed by atoms with Crippen molar-refractivity contribution >= 4 is 42.4 Å². The molecular formula is C19H20FN3O3S2. The van der Waals surface area contributed by atoms with E-state index in [2.05, 4.69) is 4.98 Å². The molecule has 6 nitrogen and oxygen atoms in total. The van der Waals surface area contributed by atoms with Gasteiger partial charge in [-0.15, -0.1) is 0 Å². The number of hydrogen-bond donors (Lipinski definition) is 0. The number of hydrogen-bond acceptors (Lipinski definition) is 6. The molecule has 0 unspecified atom stereocenters. The second kappa shape index (κ2) is 7.94. The fraction of sp³-hybridized carbons (Fsp3) is 0.263. The summed E-state index contributed by atoms with van der Waals surface area (Å²) in [4.78, 5) is 21.0. The zero-order chi connectivity index (χ0) is 20.5. The number of anilines is 1. The number of thiazole rings is 1. The van der Waals surface area contributed by atoms with Gasteiger partial charge >= 0.3 is 0 Å². The average Bonchev–Trinajstić information content (AvgIpc) is 3.04. The van der Waals surface area contributed by atoms with Crippen LogP contribution < -0.4 is 4.90 Å². The van der Waals surface area contributed by atoms with E-state index in [0.717, 1.165) is 6.26 Å². The van der Waals surface area contributed by atoms with E-state index < -0.39 is 15.7 Å². The Hall–Kier alpha value is -2.36. The Bertz CT molecular complexity index is 1130. The third-order valence-electron chi connectivity index (χ3n) is 4.09. The number of benzene rings is 2. The second-order valence-corrected chi connectivity index (χ2v) is 9.64. The minimum absolute atomic E-state index is 0.123. The van der Waals surface area contributed by atoms with Crippen LogP contribution in [-0.4, -0.2) is 57.6 Å². The van der Waals surface area contributed by atoms with E-state index in [4.69, 9.17) is 0 Å². The maximum absolute atomic E-state index is 13.6. The Morgan fingerprint density at radius 1 is 1.14 bits per heavy atom. The van der Waals surface area contributed by atoms with Crippen LogP contribution in [0.4, 0.5) is 9.52 Å². The van der Waals surface area contributed by atoms with Crippen molar-refractivity contribution in [3.05, 3.63) is 53.8 Å². The van der Waals surface area contributed by atoms with Gasteiger partial charge in [0.2, 0.25) is 0 Å². The highest BCUT2D eigenvalue weighted by atomic mass is 32.2. The van der Waals surface area contributed by atoms with Crippen LogP contribution >= 0.6 is 11.3 Å². The molecule has 2 aromatic carbocycles. The minimum atomic E-state index is -3.46. The maximum atomic E-state index is 13.6. The zero-order valence-corrected chi connectivity index (χ0v) is 17.3. The normalized spacial score (nSPS) is 11.9. The summed E-state index contributed by atoms with van der Waals surface area (Å²) in [6.07, 6.45) is 1.13. The Morgan fingerprint density at radius 2 is 1.86 bits per heavy atom. The van der Waals surface area contributed by atoms with Crippen LogP contribution in [0.15, 0.2) is 47.4 Å². The van der Waals surface area contributed by atoms with Crippen molar-refractivity contribution in [2.24, 2.45) is 0 Å². The number of amides is 1. The van der Waals surface area contributed by atoms with Gasteiger partial charge in [-0.1, -0.05) is 23.5 Å². The van der Waals surface area contributed by atoms with Crippen LogP contribution in [0.25, 0.3) is 10.2 Å². The molecular weight excluding hydrogens is 401 g/mol. The van der Waals surface area contributed by atoms with E-state index in [9.17, 15) is 17.6 Å². The standard InChI is InChI=1S/C19H20FN3O3S2/c1-22(2)10-11-23(18(24)13-6-4-7-14(20)12-13)19-21-17-15(27-19)8-5-9-16(17)28(3,25)26/h4-9,12H,10-11H2,1-3H3. The van der Waals surface area contributed by atoms with Crippen molar-refractivity contribution in [3.63, 3.8) is 0 Å². The maximum Gasteiger partial charge on any atom is 0.260 e. The Morgan fingerprint density at radius 3 is 2.50 bits per heavy atom. The summed E-state index contributed by atoms with van der Waals surface area (Å²) >= 11 is 1.23. The van der Waals surface area contributed by atoms with E-state index in [1.165, 1.54) is 40.5 Å². The average molecular weight is 422 g/mol. The predicted molar refractivity (Wildman–Crippen MR) is 109 cm³/mol. The third-order valence-corrected chi connectivity index (χ3v) is 6.26. The molecule has 0 N–H and O–H groups in total. The number of nitrogens with zero attached hydrogens (tertiary/aromatic N) is 3. The SMILES string of the molecule is CN(C)CCN(C(=O)c1cccc(F)c1)c1nc2c(S(C)(=O)=O)cccc2s1. The molecule has 0 radical (unpaired) electrons. The zero-order valence-electron chi connectivity index (χ0n) is 15.7. The van der Waals surface area contributed by atoms with Crippen LogP contribution in [-0.2, 0) is 9.84 Å². The highest BCUT2D eigenvalue weighted by Crippen LogP contribution is 2.33. The third kappa shape index (κ3) is 4.37. The quantitative estimate of drug-likeness (QED) is 0.612. The van der Waals surface area contributed by atoms with Gasteiger partial charge < -0.3 is 4.90 Å². The molecule has 1 amide bonds. The molecule has 0 fully saturated rings. The second-order valence-electron chi connectivity index (χ2n) is 6.64. The lowest BCUT2D eigenvalue weighted by Crippen LogP contribution is -2.36. The summed E-state index contributed by atoms with van der Waals surface area (Å²) in [5, 5.41) is 0.377. The molecule has 0 saturated heterocycles. The number of sulfone groups is 1. The van der Waals surface area contributed by atoms with Crippen molar-refractivity contribution < 1.29 is 17.6 Å². The highest BCUT2D eigenvalue weighted by Gasteiger charge is 2.23. The van der Waals surface area contributed by atoms with Crippen molar-refractivity contribution in [2.45, 2.75) is 4.90 Å². The van der Waals surface area contributed by atoms with Crippen molar-refractivity contribution in [2.75, 3.05) is 38.3 Å². The molecule has 9 heteroatoms. The first kappa shape index (κ1) is 20.4. The van der Waals surface area contributed by atoms with Gasteiger partial charge in [0.05, 0.1) is 9.60 Å². The monoisotopic (exact) mass is 421 g/mol. The number of halogens is 1. The number of para-hydroxylation sites is 1. The van der Waals surface area contributed by atoms with Crippen LogP contribution in [0.3, 0.4) is 0 Å². The van der Waals surface area contributed by atoms with Gasteiger partial charge in [0.15, 0.2) is 15.0 Å². The van der Waals surface area contributed by atoms with E-state index in [1.807, 2.05) is 19.0 Å². The molecule has 3 rings (SSSR count). The lowest BCUT2D eigenvalue weighted by molar-refractivity contribution is 0.0984. The van der Waals surface area contributed by atoms with Crippen LogP contribution in [0, 0.1) is 5.82 Å². The number of likely N-dealkylation sites (N-methyl/N-ethyl adjacent to an activating group) is 1. The predicted octanol–water partition coefficient (Wildman–Crippen LogP) is 3.05. The molecule has 148 valence electrons. The molecule has 1 heterocycles. The fourth-order valence-electron chi connectivity index (χ4n) is 2.69. The molecule has 0 aliphatic heterocycles. The summed E-state index contributed by atoms with van der Waals surface area (Å²) in [5.41, 5.74) is 0.549. The van der Waals surface area contributed by atoms with Crippen molar-refractivity contribution in [1.29, 1.82) is 0 Å². The topological polar surface area (TPSA) is 70.6 Å². The van der Waals surface area contributed by atoms with E-state index in [0.29, 0.717) is 28.4 Å². The molecule has 0 atom stereocenters. The Labute approximate surface area is 167 Å². The van der Waals surface area contributed by atoms with Crippen LogP contribution in [0.1, 0.15) is 10.4 Å². The van der Waals surface area contributed by atoms with Gasteiger partial charge in [-0.05, 0) is 44.4 Å². The van der Waals surface area contributed by atoms with E-state index in [1.54, 1.807) is 18.2 Å². The summed E-state index contributed by atoms with van der Waals surface area (Å²) in [7, 11) is 0.297. The van der Waals surface area contributed by atoms with Gasteiger partial charge in [-0.2, -0.15) is 0 Å². The fourth-order valence-corrected chi connectivity index (χ4v) is 4.60. The first-order valence-electron chi connectivity index (χ1n) is 8.48. The Kier molecular flexibility index (Phi) is 5.78. The summed E-state index contributed by atoms with van der Waals surface area (Å²) < 4.78 is 38.4. The molecule has 0 spiro atoms. The number of carbonyl (C=O) groups is 1. The number of rotatable bonds is 6. The lowest BCUT2D eigenvalue weighted by atomic mass is 10.2. The van der Waals surface area contributed by atoms with Gasteiger partial charge in [0.25, 0.3) is 5.91 Å². The number of aromatic nitrogens is 1. The minimum Gasteiger partial charge on any atom is -0.308 e. The van der Waals surface area contributed by atoms with Crippen LogP contribution in [0.5, 0.6) is 0 Å². The van der Waals surface area contributed by atoms with Crippen LogP contribution in [0.2, 0.25) is 0 Å². The molecule has 0 aliphatic carbocycles. The highest BCUT2D eigenvalue weighted by molar-refractivity contribution is 7.91.